The third kappa shape index (κ3) is 2.36. The first-order chi connectivity index (χ1) is 12.2. The minimum atomic E-state index is -0.0984. The molecule has 1 aliphatic rings. The number of thiophene rings is 1. The molecule has 0 fully saturated rings. The van der Waals surface area contributed by atoms with Crippen molar-refractivity contribution in [1.29, 1.82) is 0 Å². The summed E-state index contributed by atoms with van der Waals surface area (Å²) in [5.41, 5.74) is 1.56. The molecule has 0 saturated carbocycles. The number of nitrogens with zero attached hydrogens (tertiary/aromatic N) is 4. The van der Waals surface area contributed by atoms with Crippen molar-refractivity contribution in [1.82, 2.24) is 18.9 Å². The van der Waals surface area contributed by atoms with Crippen molar-refractivity contribution in [2.75, 3.05) is 0 Å². The second-order valence-electron chi connectivity index (χ2n) is 6.20. The van der Waals surface area contributed by atoms with Crippen molar-refractivity contribution in [2.45, 2.75) is 32.2 Å². The molecule has 4 aromatic heterocycles. The Bertz CT molecular complexity index is 1230. The number of thiazole rings is 1. The van der Waals surface area contributed by atoms with Crippen LogP contribution in [-0.4, -0.2) is 18.9 Å². The van der Waals surface area contributed by atoms with E-state index in [0.717, 1.165) is 34.7 Å². The minimum absolute atomic E-state index is 0.0583. The van der Waals surface area contributed by atoms with E-state index < -0.39 is 0 Å². The average molecular weight is 370 g/mol. The summed E-state index contributed by atoms with van der Waals surface area (Å²) in [6, 6.07) is 3.32. The molecule has 8 heteroatoms. The summed E-state index contributed by atoms with van der Waals surface area (Å²) < 4.78 is 3.26. The normalized spacial score (nSPS) is 14.2. The lowest BCUT2D eigenvalue weighted by Gasteiger charge is -2.10. The summed E-state index contributed by atoms with van der Waals surface area (Å²) >= 11 is 3.04. The summed E-state index contributed by atoms with van der Waals surface area (Å²) in [7, 11) is 0. The molecule has 0 N–H and O–H groups in total. The van der Waals surface area contributed by atoms with Gasteiger partial charge in [-0.2, -0.15) is 0 Å². The first kappa shape index (κ1) is 15.0. The second-order valence-corrected chi connectivity index (χ2v) is 8.16. The average Bonchev–Trinajstić information content (AvgIpc) is 3.21. The first-order valence-electron chi connectivity index (χ1n) is 8.16. The smallest absolute Gasteiger partial charge is 0.262 e. The lowest BCUT2D eigenvalue weighted by molar-refractivity contribution is 0.668. The highest BCUT2D eigenvalue weighted by Gasteiger charge is 2.18. The van der Waals surface area contributed by atoms with Gasteiger partial charge in [-0.1, -0.05) is 0 Å². The van der Waals surface area contributed by atoms with Crippen LogP contribution in [0.1, 0.15) is 29.1 Å². The first-order valence-corrected chi connectivity index (χ1v) is 9.86. The van der Waals surface area contributed by atoms with E-state index in [4.69, 9.17) is 0 Å². The van der Waals surface area contributed by atoms with Gasteiger partial charge >= 0.3 is 0 Å². The Balaban J connectivity index is 1.62. The van der Waals surface area contributed by atoms with E-state index in [1.165, 1.54) is 33.5 Å². The number of hydrogen-bond donors (Lipinski definition) is 0. The Morgan fingerprint density at radius 3 is 3.00 bits per heavy atom. The zero-order chi connectivity index (χ0) is 17.0. The van der Waals surface area contributed by atoms with Crippen LogP contribution in [0.5, 0.6) is 0 Å². The standard InChI is InChI=1S/C17H14N4O2S2/c22-14-7-10(8-20-9-18-15-11(16(20)23)5-6-24-15)19-17-21(14)12-3-1-2-4-13(12)25-17/h5-7,9H,1-4,8H2. The van der Waals surface area contributed by atoms with Crippen LogP contribution < -0.4 is 11.1 Å². The monoisotopic (exact) mass is 370 g/mol. The zero-order valence-corrected chi connectivity index (χ0v) is 14.9. The van der Waals surface area contributed by atoms with Crippen molar-refractivity contribution in [2.24, 2.45) is 0 Å². The molecule has 1 aliphatic carbocycles. The molecule has 0 amide bonds. The quantitative estimate of drug-likeness (QED) is 0.543. The van der Waals surface area contributed by atoms with Gasteiger partial charge in [0.1, 0.15) is 4.83 Å². The molecule has 0 aromatic carbocycles. The van der Waals surface area contributed by atoms with Crippen molar-refractivity contribution in [3.63, 3.8) is 0 Å². The predicted molar refractivity (Wildman–Crippen MR) is 99.0 cm³/mol. The maximum atomic E-state index is 12.6. The summed E-state index contributed by atoms with van der Waals surface area (Å²) in [6.07, 6.45) is 5.78. The van der Waals surface area contributed by atoms with Gasteiger partial charge in [-0.05, 0) is 37.1 Å². The van der Waals surface area contributed by atoms with E-state index in [2.05, 4.69) is 9.97 Å². The number of aromatic nitrogens is 4. The third-order valence-corrected chi connectivity index (χ3v) is 6.56. The molecule has 0 bridgehead atoms. The van der Waals surface area contributed by atoms with E-state index in [0.29, 0.717) is 11.1 Å². The van der Waals surface area contributed by atoms with Crippen LogP contribution >= 0.6 is 22.7 Å². The highest BCUT2D eigenvalue weighted by atomic mass is 32.1. The van der Waals surface area contributed by atoms with Gasteiger partial charge in [-0.15, -0.1) is 22.7 Å². The Kier molecular flexibility index (Phi) is 3.36. The maximum Gasteiger partial charge on any atom is 0.262 e. The molecule has 0 spiro atoms. The van der Waals surface area contributed by atoms with Crippen molar-refractivity contribution < 1.29 is 0 Å². The lowest BCUT2D eigenvalue weighted by Crippen LogP contribution is -2.23. The van der Waals surface area contributed by atoms with E-state index in [1.54, 1.807) is 27.9 Å². The molecule has 0 unspecified atom stereocenters. The van der Waals surface area contributed by atoms with Gasteiger partial charge < -0.3 is 0 Å². The minimum Gasteiger partial charge on any atom is -0.293 e. The van der Waals surface area contributed by atoms with E-state index in [-0.39, 0.29) is 17.7 Å². The Morgan fingerprint density at radius 2 is 2.08 bits per heavy atom. The van der Waals surface area contributed by atoms with Crippen molar-refractivity contribution in [3.8, 4) is 0 Å². The van der Waals surface area contributed by atoms with Crippen molar-refractivity contribution >= 4 is 37.9 Å². The van der Waals surface area contributed by atoms with Gasteiger partial charge in [0, 0.05) is 16.6 Å². The summed E-state index contributed by atoms with van der Waals surface area (Å²) in [5, 5.41) is 2.47. The molecular weight excluding hydrogens is 356 g/mol. The molecule has 6 nitrogen and oxygen atoms in total. The topological polar surface area (TPSA) is 69.3 Å². The number of hydrogen-bond acceptors (Lipinski definition) is 6. The summed E-state index contributed by atoms with van der Waals surface area (Å²) in [6.45, 7) is 0.256. The number of aryl methyl sites for hydroxylation is 2. The molecule has 0 atom stereocenters. The lowest BCUT2D eigenvalue weighted by atomic mass is 10.0. The van der Waals surface area contributed by atoms with Gasteiger partial charge in [0.05, 0.1) is 24.0 Å². The van der Waals surface area contributed by atoms with Gasteiger partial charge in [0.2, 0.25) is 0 Å². The molecule has 4 heterocycles. The molecule has 126 valence electrons. The molecule has 0 saturated heterocycles. The van der Waals surface area contributed by atoms with Crippen LogP contribution in [0.2, 0.25) is 0 Å². The Labute approximate surface area is 150 Å². The molecule has 4 aromatic rings. The molecular formula is C17H14N4O2S2. The van der Waals surface area contributed by atoms with Gasteiger partial charge in [-0.3, -0.25) is 18.6 Å². The van der Waals surface area contributed by atoms with Gasteiger partial charge in [-0.25, -0.2) is 9.97 Å². The molecule has 25 heavy (non-hydrogen) atoms. The maximum absolute atomic E-state index is 12.6. The van der Waals surface area contributed by atoms with Crippen LogP contribution in [0, 0.1) is 0 Å². The Morgan fingerprint density at radius 1 is 1.20 bits per heavy atom. The highest BCUT2D eigenvalue weighted by molar-refractivity contribution is 7.17. The molecule has 5 rings (SSSR count). The second kappa shape index (κ2) is 5.60. The highest BCUT2D eigenvalue weighted by Crippen LogP contribution is 2.28. The Hall–Kier alpha value is -2.32. The fourth-order valence-electron chi connectivity index (χ4n) is 3.40. The van der Waals surface area contributed by atoms with Crippen LogP contribution in [0.4, 0.5) is 0 Å². The van der Waals surface area contributed by atoms with Crippen molar-refractivity contribution in [3.05, 3.63) is 60.8 Å². The largest absolute Gasteiger partial charge is 0.293 e. The summed E-state index contributed by atoms with van der Waals surface area (Å²) in [4.78, 5) is 36.8. The zero-order valence-electron chi connectivity index (χ0n) is 13.3. The van der Waals surface area contributed by atoms with E-state index >= 15 is 0 Å². The number of rotatable bonds is 2. The van der Waals surface area contributed by atoms with E-state index in [9.17, 15) is 9.59 Å². The van der Waals surface area contributed by atoms with E-state index in [1.807, 2.05) is 5.38 Å². The number of fused-ring (bicyclic) bond motifs is 4. The SMILES string of the molecule is O=c1c2ccsc2ncn1Cc1cc(=O)n2c3c(sc2n1)CCCC3. The van der Waals surface area contributed by atoms with Crippen LogP contribution in [0.15, 0.2) is 33.4 Å². The van der Waals surface area contributed by atoms with Gasteiger partial charge in [0.25, 0.3) is 11.1 Å². The van der Waals surface area contributed by atoms with Crippen LogP contribution in [0.25, 0.3) is 15.2 Å². The molecule has 0 radical (unpaired) electrons. The van der Waals surface area contributed by atoms with Crippen LogP contribution in [0.3, 0.4) is 0 Å². The van der Waals surface area contributed by atoms with Gasteiger partial charge in [0.15, 0.2) is 4.96 Å². The molecule has 0 aliphatic heterocycles. The summed E-state index contributed by atoms with van der Waals surface area (Å²) in [5.74, 6) is 0. The predicted octanol–water partition coefficient (Wildman–Crippen LogP) is 2.45. The van der Waals surface area contributed by atoms with Crippen LogP contribution in [-0.2, 0) is 19.4 Å². The fraction of sp³-hybridized carbons (Fsp3) is 0.294. The third-order valence-electron chi connectivity index (χ3n) is 4.60. The fourth-order valence-corrected chi connectivity index (χ4v) is 5.36.